The third-order valence-corrected chi connectivity index (χ3v) is 1.90. The number of hydrogen-bond acceptors (Lipinski definition) is 2. The summed E-state index contributed by atoms with van der Waals surface area (Å²) in [6.07, 6.45) is -5.98. The highest BCUT2D eigenvalue weighted by Crippen LogP contribution is 2.23. The van der Waals surface area contributed by atoms with E-state index in [1.807, 2.05) is 0 Å². The summed E-state index contributed by atoms with van der Waals surface area (Å²) < 4.78 is 35.5. The number of carbonyl (C=O) groups excluding carboxylic acids is 1. The van der Waals surface area contributed by atoms with Gasteiger partial charge in [-0.15, -0.1) is 0 Å². The monoisotopic (exact) mass is 217 g/mol. The Balaban J connectivity index is 2.66. The molecule has 1 aromatic carbocycles. The first kappa shape index (κ1) is 11.6. The quantitative estimate of drug-likeness (QED) is 0.624. The minimum atomic E-state index is -4.31. The molecule has 0 saturated heterocycles. The number of alkyl halides is 3. The maximum Gasteiger partial charge on any atom is 0.389 e. The summed E-state index contributed by atoms with van der Waals surface area (Å²) in [6, 6.07) is 6.10. The van der Waals surface area contributed by atoms with E-state index >= 15 is 0 Å². The second-order valence-electron chi connectivity index (χ2n) is 3.13. The molecule has 1 aromatic rings. The molecule has 0 atom stereocenters. The Morgan fingerprint density at radius 1 is 1.27 bits per heavy atom. The Morgan fingerprint density at radius 3 is 2.40 bits per heavy atom. The largest absolute Gasteiger partial charge is 0.398 e. The number of ketones is 1. The predicted molar refractivity (Wildman–Crippen MR) is 50.5 cm³/mol. The number of halogens is 3. The smallest absolute Gasteiger partial charge is 0.389 e. The average Bonchev–Trinajstić information content (AvgIpc) is 2.14. The van der Waals surface area contributed by atoms with Gasteiger partial charge in [0, 0.05) is 17.7 Å². The van der Waals surface area contributed by atoms with Crippen molar-refractivity contribution >= 4 is 11.5 Å². The first-order chi connectivity index (χ1) is 6.90. The van der Waals surface area contributed by atoms with E-state index in [0.717, 1.165) is 0 Å². The number of hydrogen-bond donors (Lipinski definition) is 1. The average molecular weight is 217 g/mol. The summed E-state index contributed by atoms with van der Waals surface area (Å²) in [4.78, 5) is 11.3. The summed E-state index contributed by atoms with van der Waals surface area (Å²) >= 11 is 0. The number of nitrogens with two attached hydrogens (primary N) is 1. The maximum atomic E-state index is 11.8. The zero-order valence-electron chi connectivity index (χ0n) is 7.84. The van der Waals surface area contributed by atoms with Gasteiger partial charge in [0.05, 0.1) is 6.42 Å². The Bertz CT molecular complexity index is 360. The summed E-state index contributed by atoms with van der Waals surface area (Å²) in [6.45, 7) is 0. The van der Waals surface area contributed by atoms with Gasteiger partial charge in [-0.1, -0.05) is 12.1 Å². The van der Waals surface area contributed by atoms with Gasteiger partial charge in [-0.05, 0) is 12.1 Å². The van der Waals surface area contributed by atoms with Crippen molar-refractivity contribution in [2.24, 2.45) is 0 Å². The van der Waals surface area contributed by atoms with Crippen molar-refractivity contribution in [1.82, 2.24) is 0 Å². The van der Waals surface area contributed by atoms with Crippen LogP contribution in [0.5, 0.6) is 0 Å². The number of nitrogen functional groups attached to an aromatic ring is 1. The van der Waals surface area contributed by atoms with Gasteiger partial charge < -0.3 is 5.73 Å². The number of anilines is 1. The molecule has 0 bridgehead atoms. The molecule has 0 saturated carbocycles. The van der Waals surface area contributed by atoms with E-state index in [2.05, 4.69) is 0 Å². The van der Waals surface area contributed by atoms with Gasteiger partial charge in [0.1, 0.15) is 0 Å². The number of rotatable bonds is 3. The normalized spacial score (nSPS) is 11.4. The molecule has 82 valence electrons. The molecule has 0 aliphatic heterocycles. The summed E-state index contributed by atoms with van der Waals surface area (Å²) in [7, 11) is 0. The SMILES string of the molecule is Nc1ccccc1C(=O)CCC(F)(F)F. The van der Waals surface area contributed by atoms with Gasteiger partial charge in [-0.3, -0.25) is 4.79 Å². The lowest BCUT2D eigenvalue weighted by atomic mass is 10.0. The summed E-state index contributed by atoms with van der Waals surface area (Å²) in [5.41, 5.74) is 5.83. The van der Waals surface area contributed by atoms with Crippen LogP contribution in [0, 0.1) is 0 Å². The second kappa shape index (κ2) is 4.33. The van der Waals surface area contributed by atoms with Crippen LogP contribution in [0.3, 0.4) is 0 Å². The van der Waals surface area contributed by atoms with Crippen LogP contribution in [0.4, 0.5) is 18.9 Å². The van der Waals surface area contributed by atoms with Gasteiger partial charge in [0.15, 0.2) is 5.78 Å². The van der Waals surface area contributed by atoms with Crippen LogP contribution in [0.25, 0.3) is 0 Å². The molecule has 0 aliphatic rings. The van der Waals surface area contributed by atoms with Gasteiger partial charge in [0.25, 0.3) is 0 Å². The van der Waals surface area contributed by atoms with Crippen LogP contribution in [0.1, 0.15) is 23.2 Å². The lowest BCUT2D eigenvalue weighted by molar-refractivity contribution is -0.133. The number of benzene rings is 1. The molecular formula is C10H10F3NO. The summed E-state index contributed by atoms with van der Waals surface area (Å²) in [5, 5.41) is 0. The van der Waals surface area contributed by atoms with E-state index in [1.165, 1.54) is 12.1 Å². The maximum absolute atomic E-state index is 11.8. The molecule has 0 aromatic heterocycles. The fraction of sp³-hybridized carbons (Fsp3) is 0.300. The standard InChI is InChI=1S/C10H10F3NO/c11-10(12,13)6-5-9(15)7-3-1-2-4-8(7)14/h1-4H,5-6,14H2. The number of carbonyl (C=O) groups is 1. The lowest BCUT2D eigenvalue weighted by Gasteiger charge is -2.06. The van der Waals surface area contributed by atoms with Crippen molar-refractivity contribution in [2.45, 2.75) is 19.0 Å². The van der Waals surface area contributed by atoms with Crippen molar-refractivity contribution < 1.29 is 18.0 Å². The first-order valence-electron chi connectivity index (χ1n) is 4.34. The van der Waals surface area contributed by atoms with E-state index < -0.39 is 24.8 Å². The van der Waals surface area contributed by atoms with Gasteiger partial charge >= 0.3 is 6.18 Å². The fourth-order valence-electron chi connectivity index (χ4n) is 1.14. The van der Waals surface area contributed by atoms with Crippen LogP contribution in [0.2, 0.25) is 0 Å². The lowest BCUT2D eigenvalue weighted by Crippen LogP contribution is -2.11. The molecule has 5 heteroatoms. The minimum absolute atomic E-state index is 0.154. The zero-order chi connectivity index (χ0) is 11.5. The van der Waals surface area contributed by atoms with E-state index in [4.69, 9.17) is 5.73 Å². The highest BCUT2D eigenvalue weighted by atomic mass is 19.4. The molecule has 0 radical (unpaired) electrons. The highest BCUT2D eigenvalue weighted by Gasteiger charge is 2.28. The van der Waals surface area contributed by atoms with Crippen molar-refractivity contribution in [3.05, 3.63) is 29.8 Å². The van der Waals surface area contributed by atoms with Crippen LogP contribution >= 0.6 is 0 Å². The zero-order valence-corrected chi connectivity index (χ0v) is 7.84. The molecule has 0 unspecified atom stereocenters. The first-order valence-corrected chi connectivity index (χ1v) is 4.34. The molecule has 0 amide bonds. The number of Topliss-reactive ketones (excluding diaryl/α,β-unsaturated/α-hetero) is 1. The minimum Gasteiger partial charge on any atom is -0.398 e. The fourth-order valence-corrected chi connectivity index (χ4v) is 1.14. The van der Waals surface area contributed by atoms with Gasteiger partial charge in [0.2, 0.25) is 0 Å². The summed E-state index contributed by atoms with van der Waals surface area (Å²) in [5.74, 6) is -0.578. The topological polar surface area (TPSA) is 43.1 Å². The molecule has 15 heavy (non-hydrogen) atoms. The molecule has 0 heterocycles. The third kappa shape index (κ3) is 3.61. The van der Waals surface area contributed by atoms with Crippen molar-refractivity contribution in [1.29, 1.82) is 0 Å². The molecule has 0 spiro atoms. The van der Waals surface area contributed by atoms with E-state index in [9.17, 15) is 18.0 Å². The molecule has 2 N–H and O–H groups in total. The van der Waals surface area contributed by atoms with Crippen LogP contribution < -0.4 is 5.73 Å². The molecule has 2 nitrogen and oxygen atoms in total. The Hall–Kier alpha value is -1.52. The van der Waals surface area contributed by atoms with Crippen molar-refractivity contribution in [3.63, 3.8) is 0 Å². The Kier molecular flexibility index (Phi) is 3.34. The van der Waals surface area contributed by atoms with Crippen molar-refractivity contribution in [2.75, 3.05) is 5.73 Å². The third-order valence-electron chi connectivity index (χ3n) is 1.90. The van der Waals surface area contributed by atoms with E-state index in [0.29, 0.717) is 0 Å². The molecule has 0 fully saturated rings. The van der Waals surface area contributed by atoms with Gasteiger partial charge in [-0.25, -0.2) is 0 Å². The predicted octanol–water partition coefficient (Wildman–Crippen LogP) is 2.79. The molecular weight excluding hydrogens is 207 g/mol. The van der Waals surface area contributed by atoms with E-state index in [-0.39, 0.29) is 11.3 Å². The molecule has 1 rings (SSSR count). The molecule has 0 aliphatic carbocycles. The highest BCUT2D eigenvalue weighted by molar-refractivity contribution is 6.00. The van der Waals surface area contributed by atoms with Crippen LogP contribution in [0.15, 0.2) is 24.3 Å². The Morgan fingerprint density at radius 2 is 1.87 bits per heavy atom. The van der Waals surface area contributed by atoms with Crippen LogP contribution in [-0.2, 0) is 0 Å². The second-order valence-corrected chi connectivity index (χ2v) is 3.13. The van der Waals surface area contributed by atoms with Gasteiger partial charge in [-0.2, -0.15) is 13.2 Å². The number of para-hydroxylation sites is 1. The van der Waals surface area contributed by atoms with Crippen LogP contribution in [-0.4, -0.2) is 12.0 Å². The Labute approximate surface area is 84.9 Å². The van der Waals surface area contributed by atoms with E-state index in [1.54, 1.807) is 12.1 Å². The van der Waals surface area contributed by atoms with Crippen molar-refractivity contribution in [3.8, 4) is 0 Å².